The number of aliphatic hydroxyl groups excluding tert-OH is 1. The van der Waals surface area contributed by atoms with Gasteiger partial charge in [0.25, 0.3) is 0 Å². The van der Waals surface area contributed by atoms with Gasteiger partial charge in [0.15, 0.2) is 0 Å². The molecule has 4 N–H and O–H groups in total. The third-order valence-corrected chi connectivity index (χ3v) is 3.17. The Hall–Kier alpha value is -1.59. The van der Waals surface area contributed by atoms with Crippen LogP contribution in [0.4, 0.5) is 4.79 Å². The molecule has 1 unspecified atom stereocenters. The Morgan fingerprint density at radius 2 is 1.85 bits per heavy atom. The van der Waals surface area contributed by atoms with Crippen LogP contribution >= 0.6 is 0 Å². The van der Waals surface area contributed by atoms with E-state index < -0.39 is 12.2 Å². The highest BCUT2D eigenvalue weighted by molar-refractivity contribution is 5.66. The highest BCUT2D eigenvalue weighted by Crippen LogP contribution is 2.38. The Morgan fingerprint density at radius 3 is 2.25 bits per heavy atom. The molecule has 0 aliphatic carbocycles. The van der Waals surface area contributed by atoms with Crippen molar-refractivity contribution >= 4 is 6.09 Å². The number of hydrogen-bond donors (Lipinski definition) is 3. The fourth-order valence-corrected chi connectivity index (χ4v) is 2.38. The molecule has 0 saturated carbocycles. The Balaban J connectivity index is 3.17. The van der Waals surface area contributed by atoms with Crippen LogP contribution in [0.15, 0.2) is 30.3 Å². The zero-order chi connectivity index (χ0) is 15.3. The van der Waals surface area contributed by atoms with E-state index in [1.807, 2.05) is 51.1 Å². The molecular formula is C15H24N2O3. The van der Waals surface area contributed by atoms with Crippen LogP contribution in [0.1, 0.15) is 32.4 Å². The zero-order valence-electron chi connectivity index (χ0n) is 12.3. The van der Waals surface area contributed by atoms with Gasteiger partial charge in [-0.1, -0.05) is 51.1 Å². The molecule has 0 aliphatic heterocycles. The first-order chi connectivity index (χ1) is 9.27. The Kier molecular flexibility index (Phi) is 5.53. The molecule has 0 spiro atoms. The molecule has 0 bridgehead atoms. The van der Waals surface area contributed by atoms with Crippen LogP contribution in [-0.4, -0.2) is 40.4 Å². The van der Waals surface area contributed by atoms with Crippen LogP contribution in [-0.2, 0) is 0 Å². The van der Waals surface area contributed by atoms with Gasteiger partial charge >= 0.3 is 6.09 Å². The van der Waals surface area contributed by atoms with Crippen molar-refractivity contribution < 1.29 is 15.0 Å². The van der Waals surface area contributed by atoms with Gasteiger partial charge in [-0.2, -0.15) is 0 Å². The van der Waals surface area contributed by atoms with E-state index in [0.717, 1.165) is 5.56 Å². The smallest absolute Gasteiger partial charge is 0.407 e. The third-order valence-electron chi connectivity index (χ3n) is 3.17. The van der Waals surface area contributed by atoms with Gasteiger partial charge in [-0.3, -0.25) is 4.90 Å². The molecule has 1 amide bonds. The number of rotatable bonds is 5. The minimum absolute atomic E-state index is 0.00264. The van der Waals surface area contributed by atoms with Crippen molar-refractivity contribution in [3.63, 3.8) is 0 Å². The first kappa shape index (κ1) is 16.5. The fraction of sp³-hybridized carbons (Fsp3) is 0.533. The number of amides is 1. The molecule has 112 valence electrons. The number of benzene rings is 1. The van der Waals surface area contributed by atoms with Crippen molar-refractivity contribution in [1.29, 1.82) is 0 Å². The summed E-state index contributed by atoms with van der Waals surface area (Å²) in [7, 11) is 0. The molecule has 0 saturated heterocycles. The van der Waals surface area contributed by atoms with Crippen LogP contribution in [0.3, 0.4) is 0 Å². The van der Waals surface area contributed by atoms with Gasteiger partial charge in [-0.25, -0.2) is 4.79 Å². The zero-order valence-corrected chi connectivity index (χ0v) is 12.3. The van der Waals surface area contributed by atoms with Crippen molar-refractivity contribution in [2.75, 3.05) is 13.1 Å². The second-order valence-electron chi connectivity index (χ2n) is 6.00. The molecule has 0 heterocycles. The summed E-state index contributed by atoms with van der Waals surface area (Å²) in [6.45, 7) is 5.98. The second kappa shape index (κ2) is 6.72. The van der Waals surface area contributed by atoms with Crippen molar-refractivity contribution in [2.24, 2.45) is 11.1 Å². The van der Waals surface area contributed by atoms with Gasteiger partial charge in [0.05, 0.1) is 18.7 Å². The van der Waals surface area contributed by atoms with Crippen molar-refractivity contribution in [2.45, 2.75) is 32.9 Å². The van der Waals surface area contributed by atoms with Crippen LogP contribution in [0.2, 0.25) is 0 Å². The van der Waals surface area contributed by atoms with Crippen LogP contribution in [0, 0.1) is 5.41 Å². The van der Waals surface area contributed by atoms with E-state index >= 15 is 0 Å². The maximum absolute atomic E-state index is 11.6. The van der Waals surface area contributed by atoms with Gasteiger partial charge in [0, 0.05) is 6.54 Å². The molecule has 1 aromatic rings. The molecule has 2 atom stereocenters. The van der Waals surface area contributed by atoms with E-state index in [1.54, 1.807) is 0 Å². The van der Waals surface area contributed by atoms with E-state index in [9.17, 15) is 15.0 Å². The molecule has 1 aromatic carbocycles. The summed E-state index contributed by atoms with van der Waals surface area (Å²) in [6.07, 6.45) is -1.92. The Labute approximate surface area is 120 Å². The van der Waals surface area contributed by atoms with Gasteiger partial charge < -0.3 is 15.9 Å². The Bertz CT molecular complexity index is 428. The summed E-state index contributed by atoms with van der Waals surface area (Å²) in [5.74, 6) is 0. The van der Waals surface area contributed by atoms with Crippen LogP contribution in [0.25, 0.3) is 0 Å². The standard InChI is InChI=1S/C15H24N2O3/c1-15(2,3)13(11-7-5-4-6-8-11)17(14(19)20)10-12(18)9-16/h4-8,12-13,18H,9-10,16H2,1-3H3,(H,19,20)/t12?,13-/m1/s1. The fourth-order valence-electron chi connectivity index (χ4n) is 2.38. The Morgan fingerprint density at radius 1 is 1.30 bits per heavy atom. The summed E-state index contributed by atoms with van der Waals surface area (Å²) in [6, 6.07) is 9.12. The SMILES string of the molecule is CC(C)(C)[C@@H](c1ccccc1)N(CC(O)CN)C(=O)O. The molecule has 0 fully saturated rings. The average molecular weight is 280 g/mol. The average Bonchev–Trinajstić information content (AvgIpc) is 2.37. The predicted molar refractivity (Wildman–Crippen MR) is 78.4 cm³/mol. The number of carbonyl (C=O) groups is 1. The molecule has 5 nitrogen and oxygen atoms in total. The lowest BCUT2D eigenvalue weighted by molar-refractivity contribution is 0.0466. The summed E-state index contributed by atoms with van der Waals surface area (Å²) < 4.78 is 0. The quantitative estimate of drug-likeness (QED) is 0.770. The number of aliphatic hydroxyl groups is 1. The highest BCUT2D eigenvalue weighted by Gasteiger charge is 2.35. The molecular weight excluding hydrogens is 256 g/mol. The number of hydrogen-bond acceptors (Lipinski definition) is 3. The summed E-state index contributed by atoms with van der Waals surface area (Å²) in [5.41, 5.74) is 6.01. The predicted octanol–water partition coefficient (Wildman–Crippen LogP) is 2.07. The summed E-state index contributed by atoms with van der Waals surface area (Å²) in [4.78, 5) is 12.9. The van der Waals surface area contributed by atoms with Crippen LogP contribution in [0.5, 0.6) is 0 Å². The molecule has 1 rings (SSSR count). The van der Waals surface area contributed by atoms with Crippen molar-refractivity contribution in [3.8, 4) is 0 Å². The normalized spacial score (nSPS) is 14.7. The topological polar surface area (TPSA) is 86.8 Å². The molecule has 20 heavy (non-hydrogen) atoms. The third kappa shape index (κ3) is 4.21. The molecule has 0 radical (unpaired) electrons. The largest absolute Gasteiger partial charge is 0.465 e. The van der Waals surface area contributed by atoms with E-state index in [4.69, 9.17) is 5.73 Å². The molecule has 0 aromatic heterocycles. The number of nitrogens with zero attached hydrogens (tertiary/aromatic N) is 1. The van der Waals surface area contributed by atoms with Crippen LogP contribution < -0.4 is 5.73 Å². The van der Waals surface area contributed by atoms with Gasteiger partial charge in [0.2, 0.25) is 0 Å². The van der Waals surface area contributed by atoms with Gasteiger partial charge in [-0.05, 0) is 11.0 Å². The van der Waals surface area contributed by atoms with Gasteiger partial charge in [0.1, 0.15) is 0 Å². The lowest BCUT2D eigenvalue weighted by atomic mass is 9.81. The first-order valence-electron chi connectivity index (χ1n) is 6.70. The number of nitrogens with two attached hydrogens (primary N) is 1. The maximum Gasteiger partial charge on any atom is 0.407 e. The van der Waals surface area contributed by atoms with E-state index in [-0.39, 0.29) is 24.5 Å². The summed E-state index contributed by atoms with van der Waals surface area (Å²) in [5, 5.41) is 19.2. The molecule has 5 heteroatoms. The second-order valence-corrected chi connectivity index (χ2v) is 6.00. The highest BCUT2D eigenvalue weighted by atomic mass is 16.4. The first-order valence-corrected chi connectivity index (χ1v) is 6.70. The minimum atomic E-state index is -1.05. The monoisotopic (exact) mass is 280 g/mol. The van der Waals surface area contributed by atoms with E-state index in [1.165, 1.54) is 4.90 Å². The molecule has 0 aliphatic rings. The maximum atomic E-state index is 11.6. The van der Waals surface area contributed by atoms with Crippen molar-refractivity contribution in [3.05, 3.63) is 35.9 Å². The van der Waals surface area contributed by atoms with Gasteiger partial charge in [-0.15, -0.1) is 0 Å². The van der Waals surface area contributed by atoms with Crippen molar-refractivity contribution in [1.82, 2.24) is 4.90 Å². The lowest BCUT2D eigenvalue weighted by Crippen LogP contribution is -2.45. The number of carboxylic acid groups (broad SMARTS) is 1. The lowest BCUT2D eigenvalue weighted by Gasteiger charge is -2.39. The van der Waals surface area contributed by atoms with E-state index in [0.29, 0.717) is 0 Å². The summed E-state index contributed by atoms with van der Waals surface area (Å²) >= 11 is 0. The van der Waals surface area contributed by atoms with E-state index in [2.05, 4.69) is 0 Å². The minimum Gasteiger partial charge on any atom is -0.465 e.